The lowest BCUT2D eigenvalue weighted by molar-refractivity contribution is 0.363. The first kappa shape index (κ1) is 20.5. The van der Waals surface area contributed by atoms with Gasteiger partial charge in [-0.2, -0.15) is 0 Å². The summed E-state index contributed by atoms with van der Waals surface area (Å²) in [5.41, 5.74) is 0.638. The summed E-state index contributed by atoms with van der Waals surface area (Å²) in [6, 6.07) is 13.9. The summed E-state index contributed by atoms with van der Waals surface area (Å²) in [5.74, 6) is -2.64. The van der Waals surface area contributed by atoms with E-state index in [4.69, 9.17) is 4.74 Å². The maximum Gasteiger partial charge on any atom is 0.169 e. The molecule has 0 bridgehead atoms. The summed E-state index contributed by atoms with van der Waals surface area (Å²) < 4.78 is 49.6. The van der Waals surface area contributed by atoms with Gasteiger partial charge in [0.05, 0.1) is 0 Å². The molecule has 0 saturated carbocycles. The fraction of sp³-hybridized carbons (Fsp3) is 0.120. The highest BCUT2D eigenvalue weighted by molar-refractivity contribution is 5.91. The Morgan fingerprint density at radius 1 is 0.897 bits per heavy atom. The molecule has 0 saturated heterocycles. The Kier molecular flexibility index (Phi) is 6.55. The molecule has 0 heterocycles. The van der Waals surface area contributed by atoms with Crippen LogP contribution < -0.4 is 4.74 Å². The normalized spacial score (nSPS) is 11.8. The van der Waals surface area contributed by atoms with Gasteiger partial charge in [-0.1, -0.05) is 43.0 Å². The number of aryl methyl sites for hydroxylation is 1. The number of hydrogen-bond acceptors (Lipinski definition) is 1. The van der Waals surface area contributed by atoms with Gasteiger partial charge in [-0.3, -0.25) is 0 Å². The highest BCUT2D eigenvalue weighted by atomic mass is 19.2. The van der Waals surface area contributed by atoms with Crippen LogP contribution >= 0.6 is 0 Å². The molecule has 0 amide bonds. The van der Waals surface area contributed by atoms with E-state index in [2.05, 4.69) is 13.2 Å². The number of benzene rings is 3. The minimum Gasteiger partial charge on any atom is -0.490 e. The smallest absolute Gasteiger partial charge is 0.169 e. The van der Waals surface area contributed by atoms with Gasteiger partial charge in [0.15, 0.2) is 11.7 Å². The van der Waals surface area contributed by atoms with E-state index in [1.807, 2.05) is 12.1 Å². The van der Waals surface area contributed by atoms with Crippen LogP contribution in [0.5, 0.6) is 5.75 Å². The van der Waals surface area contributed by atoms with Crippen molar-refractivity contribution >= 4 is 22.4 Å². The third kappa shape index (κ3) is 4.60. The Hall–Kier alpha value is -3.27. The van der Waals surface area contributed by atoms with Crippen molar-refractivity contribution in [2.45, 2.75) is 12.8 Å². The molecule has 1 nitrogen and oxygen atoms in total. The molecule has 0 atom stereocenters. The maximum absolute atomic E-state index is 14.9. The summed E-state index contributed by atoms with van der Waals surface area (Å²) in [7, 11) is 0. The Bertz CT molecular complexity index is 1070. The summed E-state index contributed by atoms with van der Waals surface area (Å²) in [5, 5.41) is 0.894. The van der Waals surface area contributed by atoms with Gasteiger partial charge in [0.2, 0.25) is 0 Å². The van der Waals surface area contributed by atoms with E-state index >= 15 is 0 Å². The van der Waals surface area contributed by atoms with Gasteiger partial charge < -0.3 is 4.74 Å². The predicted octanol–water partition coefficient (Wildman–Crippen LogP) is 7.43. The molecule has 148 valence electrons. The average molecular weight is 394 g/mol. The monoisotopic (exact) mass is 394 g/mol. The van der Waals surface area contributed by atoms with E-state index in [9.17, 15) is 13.2 Å². The number of allylic oxidation sites excluding steroid dienone is 1. The standard InChI is InChI=1S/C25H21F3O/c1-3-5-6-17-7-13-21-19(16-17)10-14-22(24(21)27)25(28)23(26)18-8-11-20(12-9-18)29-15-4-2/h3-4,7-14,16H,1-2,5-6,15H2. The quantitative estimate of drug-likeness (QED) is 0.285. The van der Waals surface area contributed by atoms with Gasteiger partial charge in [0.25, 0.3) is 0 Å². The van der Waals surface area contributed by atoms with Crippen molar-refractivity contribution < 1.29 is 17.9 Å². The number of ether oxygens (including phenoxy) is 1. The van der Waals surface area contributed by atoms with Gasteiger partial charge in [-0.15, -0.1) is 6.58 Å². The third-order valence-corrected chi connectivity index (χ3v) is 4.56. The SMILES string of the molecule is C=CCCc1ccc2c(F)c(C(F)=C(F)c3ccc(OCC=C)cc3)ccc2c1. The van der Waals surface area contributed by atoms with Crippen molar-refractivity contribution in [2.24, 2.45) is 0 Å². The number of halogens is 3. The topological polar surface area (TPSA) is 9.23 Å². The molecular formula is C25H21F3O. The van der Waals surface area contributed by atoms with Crippen LogP contribution in [0.4, 0.5) is 13.2 Å². The Labute approximate surface area is 168 Å². The van der Waals surface area contributed by atoms with Crippen LogP contribution in [0, 0.1) is 5.82 Å². The van der Waals surface area contributed by atoms with Gasteiger partial charge in [0.1, 0.15) is 18.2 Å². The molecule has 0 radical (unpaired) electrons. The minimum absolute atomic E-state index is 0.00715. The number of rotatable bonds is 8. The highest BCUT2D eigenvalue weighted by Crippen LogP contribution is 2.34. The van der Waals surface area contributed by atoms with E-state index in [-0.39, 0.29) is 10.9 Å². The average Bonchev–Trinajstić information content (AvgIpc) is 2.76. The molecule has 0 aliphatic carbocycles. The summed E-state index contributed by atoms with van der Waals surface area (Å²) in [6.45, 7) is 7.54. The molecule has 3 aromatic carbocycles. The first-order valence-corrected chi connectivity index (χ1v) is 9.27. The van der Waals surface area contributed by atoms with Crippen LogP contribution in [0.15, 0.2) is 79.9 Å². The van der Waals surface area contributed by atoms with Gasteiger partial charge in [-0.25, -0.2) is 13.2 Å². The molecular weight excluding hydrogens is 373 g/mol. The van der Waals surface area contributed by atoms with E-state index in [0.717, 1.165) is 18.4 Å². The van der Waals surface area contributed by atoms with Gasteiger partial charge >= 0.3 is 0 Å². The summed E-state index contributed by atoms with van der Waals surface area (Å²) in [4.78, 5) is 0. The Morgan fingerprint density at radius 2 is 1.66 bits per heavy atom. The van der Waals surface area contributed by atoms with Crippen molar-refractivity contribution in [3.8, 4) is 5.75 Å². The van der Waals surface area contributed by atoms with Crippen molar-refractivity contribution in [3.63, 3.8) is 0 Å². The van der Waals surface area contributed by atoms with Crippen molar-refractivity contribution in [1.82, 2.24) is 0 Å². The molecule has 4 heteroatoms. The van der Waals surface area contributed by atoms with Crippen LogP contribution in [0.1, 0.15) is 23.1 Å². The molecule has 0 aromatic heterocycles. The van der Waals surface area contributed by atoms with Crippen molar-refractivity contribution in [1.29, 1.82) is 0 Å². The zero-order valence-corrected chi connectivity index (χ0v) is 15.9. The predicted molar refractivity (Wildman–Crippen MR) is 114 cm³/mol. The second-order valence-corrected chi connectivity index (χ2v) is 6.56. The third-order valence-electron chi connectivity index (χ3n) is 4.56. The number of hydrogen-bond donors (Lipinski definition) is 0. The van der Waals surface area contributed by atoms with Crippen LogP contribution in [0.2, 0.25) is 0 Å². The molecule has 0 aliphatic rings. The molecule has 0 N–H and O–H groups in total. The fourth-order valence-corrected chi connectivity index (χ4v) is 3.03. The fourth-order valence-electron chi connectivity index (χ4n) is 3.03. The molecule has 0 fully saturated rings. The zero-order valence-electron chi connectivity index (χ0n) is 15.9. The first-order chi connectivity index (χ1) is 14.0. The zero-order chi connectivity index (χ0) is 20.8. The van der Waals surface area contributed by atoms with E-state index < -0.39 is 23.0 Å². The molecule has 29 heavy (non-hydrogen) atoms. The molecule has 0 unspecified atom stereocenters. The van der Waals surface area contributed by atoms with Crippen molar-refractivity contribution in [3.05, 3.63) is 102 Å². The Morgan fingerprint density at radius 3 is 2.34 bits per heavy atom. The Balaban J connectivity index is 1.94. The lowest BCUT2D eigenvalue weighted by Gasteiger charge is -2.09. The van der Waals surface area contributed by atoms with Crippen LogP contribution in [0.3, 0.4) is 0 Å². The van der Waals surface area contributed by atoms with Gasteiger partial charge in [-0.05, 0) is 54.1 Å². The maximum atomic E-state index is 14.9. The lowest BCUT2D eigenvalue weighted by Crippen LogP contribution is -1.94. The van der Waals surface area contributed by atoms with Crippen molar-refractivity contribution in [2.75, 3.05) is 6.61 Å². The lowest BCUT2D eigenvalue weighted by atomic mass is 10.00. The van der Waals surface area contributed by atoms with E-state index in [1.165, 1.54) is 30.3 Å². The molecule has 0 aliphatic heterocycles. The van der Waals surface area contributed by atoms with Crippen LogP contribution in [-0.2, 0) is 6.42 Å². The van der Waals surface area contributed by atoms with E-state index in [0.29, 0.717) is 17.7 Å². The van der Waals surface area contributed by atoms with Crippen LogP contribution in [-0.4, -0.2) is 6.61 Å². The largest absolute Gasteiger partial charge is 0.490 e. The minimum atomic E-state index is -1.24. The molecule has 0 spiro atoms. The van der Waals surface area contributed by atoms with Crippen LogP contribution in [0.25, 0.3) is 22.4 Å². The summed E-state index contributed by atoms with van der Waals surface area (Å²) >= 11 is 0. The second-order valence-electron chi connectivity index (χ2n) is 6.56. The molecule has 3 rings (SSSR count). The molecule has 3 aromatic rings. The second kappa shape index (κ2) is 9.28. The first-order valence-electron chi connectivity index (χ1n) is 9.27. The van der Waals surface area contributed by atoms with Gasteiger partial charge in [0, 0.05) is 16.5 Å². The highest BCUT2D eigenvalue weighted by Gasteiger charge is 2.17. The van der Waals surface area contributed by atoms with E-state index in [1.54, 1.807) is 24.3 Å². The number of fused-ring (bicyclic) bond motifs is 1. The summed E-state index contributed by atoms with van der Waals surface area (Å²) in [6.07, 6.45) is 5.00.